The van der Waals surface area contributed by atoms with Gasteiger partial charge in [0.05, 0.1) is 19.0 Å². The molecule has 1 unspecified atom stereocenters. The van der Waals surface area contributed by atoms with Crippen LogP contribution >= 0.6 is 27.5 Å². The Labute approximate surface area is 137 Å². The number of halogens is 3. The van der Waals surface area contributed by atoms with Crippen molar-refractivity contribution in [1.82, 2.24) is 0 Å². The Morgan fingerprint density at radius 1 is 1.10 bits per heavy atom. The fourth-order valence-corrected chi connectivity index (χ4v) is 3.21. The molecule has 0 bridgehead atoms. The fourth-order valence-electron chi connectivity index (χ4n) is 2.08. The first-order chi connectivity index (χ1) is 9.97. The first-order valence-corrected chi connectivity index (χ1v) is 7.58. The zero-order chi connectivity index (χ0) is 15.6. The molecule has 1 atom stereocenters. The van der Waals surface area contributed by atoms with Gasteiger partial charge in [0.15, 0.2) is 0 Å². The molecule has 0 aliphatic heterocycles. The number of hydrogen-bond donors (Lipinski definition) is 0. The number of aryl methyl sites for hydroxylation is 1. The molecule has 0 saturated carbocycles. The zero-order valence-corrected chi connectivity index (χ0v) is 14.3. The highest BCUT2D eigenvalue weighted by molar-refractivity contribution is 9.09. The maximum absolute atomic E-state index is 13.5. The quantitative estimate of drug-likeness (QED) is 0.678. The number of hydrogen-bond acceptors (Lipinski definition) is 2. The maximum Gasteiger partial charge on any atom is 0.127 e. The molecule has 0 spiro atoms. The first kappa shape index (κ1) is 16.1. The van der Waals surface area contributed by atoms with Crippen LogP contribution in [-0.4, -0.2) is 14.2 Å². The summed E-state index contributed by atoms with van der Waals surface area (Å²) in [7, 11) is 3.20. The van der Waals surface area contributed by atoms with Crippen molar-refractivity contribution in [3.05, 3.63) is 57.9 Å². The predicted octanol–water partition coefficient (Wildman–Crippen LogP) is 5.29. The summed E-state index contributed by atoms with van der Waals surface area (Å²) in [6.07, 6.45) is 0. The van der Waals surface area contributed by atoms with Gasteiger partial charge in [-0.2, -0.15) is 0 Å². The molecule has 0 aliphatic rings. The summed E-state index contributed by atoms with van der Waals surface area (Å²) in [5.41, 5.74) is 2.19. The van der Waals surface area contributed by atoms with E-state index in [0.717, 1.165) is 11.1 Å². The number of alkyl halides is 1. The zero-order valence-electron chi connectivity index (χ0n) is 11.9. The Kier molecular flexibility index (Phi) is 5.12. The third-order valence-electron chi connectivity index (χ3n) is 3.26. The van der Waals surface area contributed by atoms with E-state index in [-0.39, 0.29) is 10.6 Å². The largest absolute Gasteiger partial charge is 0.497 e. The van der Waals surface area contributed by atoms with Gasteiger partial charge in [0.2, 0.25) is 0 Å². The molecule has 2 nitrogen and oxygen atoms in total. The van der Waals surface area contributed by atoms with Gasteiger partial charge in [0, 0.05) is 10.6 Å². The van der Waals surface area contributed by atoms with Gasteiger partial charge in [0.25, 0.3) is 0 Å². The Morgan fingerprint density at radius 3 is 2.43 bits per heavy atom. The lowest BCUT2D eigenvalue weighted by atomic mass is 10.0. The van der Waals surface area contributed by atoms with Crippen LogP contribution in [0.1, 0.15) is 21.5 Å². The minimum absolute atomic E-state index is 0.227. The monoisotopic (exact) mass is 372 g/mol. The molecule has 0 fully saturated rings. The molecule has 2 aromatic rings. The molecular weight excluding hydrogens is 359 g/mol. The predicted molar refractivity (Wildman–Crippen MR) is 86.5 cm³/mol. The van der Waals surface area contributed by atoms with Gasteiger partial charge in [-0.1, -0.05) is 33.6 Å². The van der Waals surface area contributed by atoms with E-state index in [1.807, 2.05) is 18.2 Å². The van der Waals surface area contributed by atoms with Crippen LogP contribution in [0, 0.1) is 12.7 Å². The van der Waals surface area contributed by atoms with Crippen LogP contribution in [0.25, 0.3) is 0 Å². The van der Waals surface area contributed by atoms with Gasteiger partial charge in [-0.25, -0.2) is 4.39 Å². The van der Waals surface area contributed by atoms with Crippen molar-refractivity contribution in [1.29, 1.82) is 0 Å². The van der Waals surface area contributed by atoms with Crippen molar-refractivity contribution >= 4 is 27.5 Å². The van der Waals surface area contributed by atoms with Crippen molar-refractivity contribution in [3.63, 3.8) is 0 Å². The second kappa shape index (κ2) is 6.67. The highest BCUT2D eigenvalue weighted by Gasteiger charge is 2.20. The molecule has 0 radical (unpaired) electrons. The Morgan fingerprint density at radius 2 is 1.81 bits per heavy atom. The highest BCUT2D eigenvalue weighted by Crippen LogP contribution is 2.41. The van der Waals surface area contributed by atoms with Crippen LogP contribution in [0.5, 0.6) is 11.5 Å². The van der Waals surface area contributed by atoms with Crippen molar-refractivity contribution in [2.75, 3.05) is 14.2 Å². The Hall–Kier alpha value is -1.26. The molecule has 21 heavy (non-hydrogen) atoms. The summed E-state index contributed by atoms with van der Waals surface area (Å²) >= 11 is 9.79. The molecule has 0 amide bonds. The van der Waals surface area contributed by atoms with Crippen LogP contribution in [0.15, 0.2) is 30.3 Å². The van der Waals surface area contributed by atoms with E-state index in [1.54, 1.807) is 27.2 Å². The van der Waals surface area contributed by atoms with E-state index in [2.05, 4.69) is 15.9 Å². The smallest absolute Gasteiger partial charge is 0.127 e. The highest BCUT2D eigenvalue weighted by atomic mass is 79.9. The molecule has 0 aliphatic carbocycles. The van der Waals surface area contributed by atoms with Crippen LogP contribution in [0.2, 0.25) is 5.02 Å². The molecule has 0 N–H and O–H groups in total. The molecule has 0 saturated heterocycles. The summed E-state index contributed by atoms with van der Waals surface area (Å²) in [6.45, 7) is 1.71. The Balaban J connectivity index is 2.53. The number of rotatable bonds is 4. The van der Waals surface area contributed by atoms with E-state index >= 15 is 0 Å². The number of benzene rings is 2. The third kappa shape index (κ3) is 3.33. The lowest BCUT2D eigenvalue weighted by Gasteiger charge is -2.17. The van der Waals surface area contributed by atoms with E-state index in [1.165, 1.54) is 6.07 Å². The van der Waals surface area contributed by atoms with E-state index in [4.69, 9.17) is 21.1 Å². The molecular formula is C16H15BrClFO2. The summed E-state index contributed by atoms with van der Waals surface area (Å²) in [6, 6.07) is 8.57. The average Bonchev–Trinajstić information content (AvgIpc) is 2.49. The van der Waals surface area contributed by atoms with Crippen LogP contribution in [-0.2, 0) is 0 Å². The second-order valence-corrected chi connectivity index (χ2v) is 5.92. The fraction of sp³-hybridized carbons (Fsp3) is 0.250. The standard InChI is InChI=1S/C16H15BrClFO2/c1-9-6-11(13(18)8-14(9)19)16(17)12-7-10(20-2)4-5-15(12)21-3/h4-8,16H,1-3H3. The van der Waals surface area contributed by atoms with Crippen molar-refractivity contribution < 1.29 is 13.9 Å². The van der Waals surface area contributed by atoms with Crippen molar-refractivity contribution in [3.8, 4) is 11.5 Å². The topological polar surface area (TPSA) is 18.5 Å². The summed E-state index contributed by atoms with van der Waals surface area (Å²) < 4.78 is 24.2. The van der Waals surface area contributed by atoms with Crippen LogP contribution < -0.4 is 9.47 Å². The molecule has 0 aromatic heterocycles. The van der Waals surface area contributed by atoms with Crippen LogP contribution in [0.3, 0.4) is 0 Å². The van der Waals surface area contributed by atoms with Gasteiger partial charge < -0.3 is 9.47 Å². The third-order valence-corrected chi connectivity index (χ3v) is 4.57. The lowest BCUT2D eigenvalue weighted by Crippen LogP contribution is -2.00. The van der Waals surface area contributed by atoms with Crippen molar-refractivity contribution in [2.45, 2.75) is 11.8 Å². The van der Waals surface area contributed by atoms with Gasteiger partial charge >= 0.3 is 0 Å². The van der Waals surface area contributed by atoms with E-state index in [0.29, 0.717) is 22.1 Å². The molecule has 5 heteroatoms. The summed E-state index contributed by atoms with van der Waals surface area (Å²) in [4.78, 5) is -0.227. The van der Waals surface area contributed by atoms with E-state index in [9.17, 15) is 4.39 Å². The van der Waals surface area contributed by atoms with E-state index < -0.39 is 0 Å². The van der Waals surface area contributed by atoms with Gasteiger partial charge in [-0.3, -0.25) is 0 Å². The Bertz CT molecular complexity index is 661. The minimum atomic E-state index is -0.318. The first-order valence-electron chi connectivity index (χ1n) is 6.29. The lowest BCUT2D eigenvalue weighted by molar-refractivity contribution is 0.399. The molecule has 0 heterocycles. The maximum atomic E-state index is 13.5. The summed E-state index contributed by atoms with van der Waals surface area (Å²) in [5.74, 6) is 1.10. The van der Waals surface area contributed by atoms with Gasteiger partial charge in [-0.05, 0) is 42.3 Å². The number of methoxy groups -OCH3 is 2. The number of ether oxygens (including phenoxy) is 2. The second-order valence-electron chi connectivity index (χ2n) is 4.59. The molecule has 2 aromatic carbocycles. The van der Waals surface area contributed by atoms with Gasteiger partial charge in [-0.15, -0.1) is 0 Å². The van der Waals surface area contributed by atoms with Crippen molar-refractivity contribution in [2.24, 2.45) is 0 Å². The summed E-state index contributed by atoms with van der Waals surface area (Å²) in [5, 5.41) is 0.366. The molecule has 2 rings (SSSR count). The van der Waals surface area contributed by atoms with Crippen LogP contribution in [0.4, 0.5) is 4.39 Å². The molecule has 112 valence electrons. The average molecular weight is 374 g/mol. The van der Waals surface area contributed by atoms with Gasteiger partial charge in [0.1, 0.15) is 17.3 Å². The minimum Gasteiger partial charge on any atom is -0.497 e. The SMILES string of the molecule is COc1ccc(OC)c(C(Br)c2cc(C)c(F)cc2Cl)c1. The normalized spacial score (nSPS) is 12.1.